The van der Waals surface area contributed by atoms with Crippen LogP contribution in [0.3, 0.4) is 0 Å². The Kier molecular flexibility index (Phi) is 6.39. The van der Waals surface area contributed by atoms with Crippen molar-refractivity contribution in [3.63, 3.8) is 0 Å². The summed E-state index contributed by atoms with van der Waals surface area (Å²) in [6, 6.07) is 17.6. The standard InChI is InChI=1S/C22H24N2O3/c1-16(2)26-14-19-11-7-6-10-18(19)13-23-21(25)12-20-15-27-22(24-20)17-8-4-3-5-9-17/h3-11,15-16H,12-14H2,1-2H3,(H,23,25). The van der Waals surface area contributed by atoms with Crippen molar-refractivity contribution >= 4 is 5.91 Å². The van der Waals surface area contributed by atoms with Gasteiger partial charge in [0, 0.05) is 12.1 Å². The molecule has 0 unspecified atom stereocenters. The second kappa shape index (κ2) is 9.14. The number of aromatic nitrogens is 1. The molecule has 27 heavy (non-hydrogen) atoms. The molecule has 0 aliphatic rings. The molecule has 3 aromatic rings. The number of hydrogen-bond donors (Lipinski definition) is 1. The number of rotatable bonds is 8. The zero-order valence-electron chi connectivity index (χ0n) is 15.6. The highest BCUT2D eigenvalue weighted by atomic mass is 16.5. The van der Waals surface area contributed by atoms with Crippen molar-refractivity contribution in [2.75, 3.05) is 0 Å². The Labute approximate surface area is 159 Å². The second-order valence-electron chi connectivity index (χ2n) is 6.59. The van der Waals surface area contributed by atoms with Crippen LogP contribution in [0.2, 0.25) is 0 Å². The Morgan fingerprint density at radius 1 is 1.07 bits per heavy atom. The summed E-state index contributed by atoms with van der Waals surface area (Å²) in [6.45, 7) is 5.01. The van der Waals surface area contributed by atoms with Gasteiger partial charge in [-0.25, -0.2) is 4.98 Å². The van der Waals surface area contributed by atoms with Gasteiger partial charge in [0.25, 0.3) is 0 Å². The second-order valence-corrected chi connectivity index (χ2v) is 6.59. The van der Waals surface area contributed by atoms with Crippen molar-refractivity contribution in [1.82, 2.24) is 10.3 Å². The molecule has 140 valence electrons. The molecule has 1 amide bonds. The molecule has 0 saturated heterocycles. The smallest absolute Gasteiger partial charge is 0.226 e. The van der Waals surface area contributed by atoms with Gasteiger partial charge >= 0.3 is 0 Å². The number of benzene rings is 2. The lowest BCUT2D eigenvalue weighted by Crippen LogP contribution is -2.25. The van der Waals surface area contributed by atoms with E-state index in [-0.39, 0.29) is 18.4 Å². The minimum atomic E-state index is -0.0949. The molecule has 5 nitrogen and oxygen atoms in total. The van der Waals surface area contributed by atoms with E-state index in [0.717, 1.165) is 16.7 Å². The van der Waals surface area contributed by atoms with Gasteiger partial charge in [0.1, 0.15) is 6.26 Å². The summed E-state index contributed by atoms with van der Waals surface area (Å²) >= 11 is 0. The van der Waals surface area contributed by atoms with Gasteiger partial charge in [0.05, 0.1) is 24.8 Å². The number of nitrogens with one attached hydrogen (secondary N) is 1. The van der Waals surface area contributed by atoms with Gasteiger partial charge in [-0.05, 0) is 37.1 Å². The van der Waals surface area contributed by atoms with E-state index in [1.807, 2.05) is 68.4 Å². The Morgan fingerprint density at radius 3 is 2.52 bits per heavy atom. The molecule has 0 fully saturated rings. The van der Waals surface area contributed by atoms with Crippen LogP contribution in [0.5, 0.6) is 0 Å². The van der Waals surface area contributed by atoms with E-state index >= 15 is 0 Å². The summed E-state index contributed by atoms with van der Waals surface area (Å²) in [6.07, 6.45) is 1.88. The summed E-state index contributed by atoms with van der Waals surface area (Å²) in [7, 11) is 0. The van der Waals surface area contributed by atoms with Crippen molar-refractivity contribution in [1.29, 1.82) is 0 Å². The van der Waals surface area contributed by atoms with Gasteiger partial charge in [-0.2, -0.15) is 0 Å². The third kappa shape index (κ3) is 5.53. The molecule has 0 spiro atoms. The highest BCUT2D eigenvalue weighted by Crippen LogP contribution is 2.18. The Balaban J connectivity index is 1.56. The van der Waals surface area contributed by atoms with E-state index < -0.39 is 0 Å². The average molecular weight is 364 g/mol. The van der Waals surface area contributed by atoms with Crippen LogP contribution >= 0.6 is 0 Å². The van der Waals surface area contributed by atoms with Crippen LogP contribution in [-0.4, -0.2) is 17.0 Å². The van der Waals surface area contributed by atoms with Crippen LogP contribution in [-0.2, 0) is 29.1 Å². The average Bonchev–Trinajstić information content (AvgIpc) is 3.14. The summed E-state index contributed by atoms with van der Waals surface area (Å²) in [5.74, 6) is 0.428. The molecule has 1 N–H and O–H groups in total. The van der Waals surface area contributed by atoms with E-state index in [1.165, 1.54) is 6.26 Å². The molecule has 0 atom stereocenters. The van der Waals surface area contributed by atoms with Crippen molar-refractivity contribution < 1.29 is 13.9 Å². The Hall–Kier alpha value is -2.92. The third-order valence-corrected chi connectivity index (χ3v) is 4.08. The van der Waals surface area contributed by atoms with Crippen molar-refractivity contribution in [3.8, 4) is 11.5 Å². The van der Waals surface area contributed by atoms with Gasteiger partial charge in [0.2, 0.25) is 11.8 Å². The molecule has 0 radical (unpaired) electrons. The normalized spacial score (nSPS) is 10.9. The van der Waals surface area contributed by atoms with E-state index in [2.05, 4.69) is 10.3 Å². The molecule has 1 aromatic heterocycles. The van der Waals surface area contributed by atoms with Gasteiger partial charge in [-0.1, -0.05) is 42.5 Å². The monoisotopic (exact) mass is 364 g/mol. The summed E-state index contributed by atoms with van der Waals surface area (Å²) in [5, 5.41) is 2.95. The summed E-state index contributed by atoms with van der Waals surface area (Å²) in [4.78, 5) is 16.7. The summed E-state index contributed by atoms with van der Waals surface area (Å²) < 4.78 is 11.2. The fraction of sp³-hybridized carbons (Fsp3) is 0.273. The van der Waals surface area contributed by atoms with Crippen molar-refractivity contribution in [2.45, 2.75) is 39.5 Å². The first-order valence-corrected chi connectivity index (χ1v) is 9.06. The number of oxazole rings is 1. The van der Waals surface area contributed by atoms with Crippen molar-refractivity contribution in [3.05, 3.63) is 77.7 Å². The molecule has 1 heterocycles. The van der Waals surface area contributed by atoms with Crippen LogP contribution < -0.4 is 5.32 Å². The van der Waals surface area contributed by atoms with E-state index in [0.29, 0.717) is 24.7 Å². The van der Waals surface area contributed by atoms with Gasteiger partial charge in [0.15, 0.2) is 0 Å². The van der Waals surface area contributed by atoms with Crippen LogP contribution in [0.15, 0.2) is 65.3 Å². The maximum absolute atomic E-state index is 12.3. The van der Waals surface area contributed by atoms with Crippen LogP contribution in [0.4, 0.5) is 0 Å². The largest absolute Gasteiger partial charge is 0.444 e. The number of carbonyl (C=O) groups is 1. The molecule has 2 aromatic carbocycles. The number of nitrogens with zero attached hydrogens (tertiary/aromatic N) is 1. The topological polar surface area (TPSA) is 64.4 Å². The van der Waals surface area contributed by atoms with E-state index in [1.54, 1.807) is 0 Å². The predicted octanol–water partition coefficient (Wildman–Crippen LogP) is 4.13. The molecule has 5 heteroatoms. The molecule has 0 bridgehead atoms. The number of hydrogen-bond acceptors (Lipinski definition) is 4. The van der Waals surface area contributed by atoms with Gasteiger partial charge in [-0.3, -0.25) is 4.79 Å². The first-order valence-electron chi connectivity index (χ1n) is 9.06. The lowest BCUT2D eigenvalue weighted by molar-refractivity contribution is -0.120. The molecule has 0 aliphatic carbocycles. The fourth-order valence-electron chi connectivity index (χ4n) is 2.65. The SMILES string of the molecule is CC(C)OCc1ccccc1CNC(=O)Cc1coc(-c2ccccc2)n1. The number of amides is 1. The molecular formula is C22H24N2O3. The third-order valence-electron chi connectivity index (χ3n) is 4.08. The van der Waals surface area contributed by atoms with Crippen LogP contribution in [0.25, 0.3) is 11.5 Å². The maximum Gasteiger partial charge on any atom is 0.226 e. The zero-order chi connectivity index (χ0) is 19.1. The van der Waals surface area contributed by atoms with Gasteiger partial charge < -0.3 is 14.5 Å². The quantitative estimate of drug-likeness (QED) is 0.653. The van der Waals surface area contributed by atoms with Gasteiger partial charge in [-0.15, -0.1) is 0 Å². The zero-order valence-corrected chi connectivity index (χ0v) is 15.6. The maximum atomic E-state index is 12.3. The first kappa shape index (κ1) is 18.9. The Bertz CT molecular complexity index is 872. The highest BCUT2D eigenvalue weighted by molar-refractivity contribution is 5.78. The van der Waals surface area contributed by atoms with Crippen LogP contribution in [0.1, 0.15) is 30.7 Å². The van der Waals surface area contributed by atoms with E-state index in [9.17, 15) is 4.79 Å². The molecule has 0 saturated carbocycles. The lowest BCUT2D eigenvalue weighted by atomic mass is 10.1. The van der Waals surface area contributed by atoms with Crippen LogP contribution in [0, 0.1) is 0 Å². The predicted molar refractivity (Wildman–Crippen MR) is 104 cm³/mol. The number of carbonyl (C=O) groups excluding carboxylic acids is 1. The molecular weight excluding hydrogens is 340 g/mol. The molecule has 3 rings (SSSR count). The minimum Gasteiger partial charge on any atom is -0.444 e. The number of ether oxygens (including phenoxy) is 1. The summed E-state index contributed by atoms with van der Waals surface area (Å²) in [5.41, 5.74) is 3.64. The lowest BCUT2D eigenvalue weighted by Gasteiger charge is -2.12. The fourth-order valence-corrected chi connectivity index (χ4v) is 2.65. The van der Waals surface area contributed by atoms with E-state index in [4.69, 9.17) is 9.15 Å². The molecule has 0 aliphatic heterocycles. The minimum absolute atomic E-state index is 0.0949. The Morgan fingerprint density at radius 2 is 1.78 bits per heavy atom. The van der Waals surface area contributed by atoms with Crippen molar-refractivity contribution in [2.24, 2.45) is 0 Å². The first-order chi connectivity index (χ1) is 13.1. The highest BCUT2D eigenvalue weighted by Gasteiger charge is 2.11.